The van der Waals surface area contributed by atoms with Gasteiger partial charge >= 0.3 is 5.97 Å². The predicted octanol–water partition coefficient (Wildman–Crippen LogP) is 0.885. The van der Waals surface area contributed by atoms with Crippen LogP contribution in [0, 0.1) is 6.92 Å². The van der Waals surface area contributed by atoms with Crippen molar-refractivity contribution in [2.24, 2.45) is 0 Å². The van der Waals surface area contributed by atoms with E-state index in [2.05, 4.69) is 15.2 Å². The number of piperidine rings is 1. The molecule has 1 aliphatic heterocycles. The largest absolute Gasteiger partial charge is 0.460 e. The molecule has 0 unspecified atom stereocenters. The molecule has 2 rings (SSSR count). The molecule has 1 saturated heterocycles. The number of hydrogen-bond acceptors (Lipinski definition) is 5. The van der Waals surface area contributed by atoms with E-state index in [1.165, 1.54) is 6.42 Å². The van der Waals surface area contributed by atoms with Crippen LogP contribution in [0.1, 0.15) is 42.6 Å². The number of carbonyl (C=O) groups is 1. The van der Waals surface area contributed by atoms with Gasteiger partial charge in [-0.2, -0.15) is 0 Å². The number of hydrogen-bond donors (Lipinski definition) is 0. The SMILES string of the molecule is CCOC(=O)c1nnc(C)n1N1CCCCC1. The second kappa shape index (κ2) is 5.16. The van der Waals surface area contributed by atoms with Crippen LogP contribution < -0.4 is 5.01 Å². The van der Waals surface area contributed by atoms with Crippen LogP contribution >= 0.6 is 0 Å². The standard InChI is InChI=1S/C11H18N4O2/c1-3-17-11(16)10-13-12-9(2)15(10)14-7-5-4-6-8-14/h3-8H2,1-2H3. The monoisotopic (exact) mass is 238 g/mol. The highest BCUT2D eigenvalue weighted by molar-refractivity contribution is 5.85. The van der Waals surface area contributed by atoms with Crippen molar-refractivity contribution in [2.45, 2.75) is 33.1 Å². The molecule has 2 heterocycles. The fourth-order valence-electron chi connectivity index (χ4n) is 2.10. The zero-order chi connectivity index (χ0) is 12.3. The quantitative estimate of drug-likeness (QED) is 0.732. The Kier molecular flexibility index (Phi) is 3.61. The molecule has 1 aromatic rings. The summed E-state index contributed by atoms with van der Waals surface area (Å²) in [7, 11) is 0. The highest BCUT2D eigenvalue weighted by Gasteiger charge is 2.23. The fourth-order valence-corrected chi connectivity index (χ4v) is 2.10. The van der Waals surface area contributed by atoms with Crippen LogP contribution in [-0.4, -0.2) is 40.5 Å². The van der Waals surface area contributed by atoms with Crippen LogP contribution in [0.2, 0.25) is 0 Å². The Balaban J connectivity index is 2.25. The molecule has 6 heteroatoms. The van der Waals surface area contributed by atoms with Gasteiger partial charge in [-0.25, -0.2) is 9.47 Å². The maximum atomic E-state index is 11.7. The second-order valence-corrected chi connectivity index (χ2v) is 4.12. The van der Waals surface area contributed by atoms with Gasteiger partial charge in [-0.05, 0) is 33.1 Å². The van der Waals surface area contributed by atoms with Gasteiger partial charge in [-0.15, -0.1) is 10.2 Å². The van der Waals surface area contributed by atoms with Crippen molar-refractivity contribution in [3.63, 3.8) is 0 Å². The van der Waals surface area contributed by atoms with Crippen molar-refractivity contribution in [2.75, 3.05) is 24.7 Å². The van der Waals surface area contributed by atoms with Gasteiger partial charge < -0.3 is 9.75 Å². The summed E-state index contributed by atoms with van der Waals surface area (Å²) in [5.41, 5.74) is 0. The van der Waals surface area contributed by atoms with Crippen molar-refractivity contribution >= 4 is 5.97 Å². The molecule has 1 aliphatic rings. The Morgan fingerprint density at radius 1 is 1.29 bits per heavy atom. The van der Waals surface area contributed by atoms with Crippen LogP contribution in [0.25, 0.3) is 0 Å². The van der Waals surface area contributed by atoms with Crippen molar-refractivity contribution < 1.29 is 9.53 Å². The summed E-state index contributed by atoms with van der Waals surface area (Å²) in [5.74, 6) is 0.611. The maximum absolute atomic E-state index is 11.7. The Bertz CT molecular complexity index is 396. The lowest BCUT2D eigenvalue weighted by Gasteiger charge is -2.30. The lowest BCUT2D eigenvalue weighted by molar-refractivity contribution is 0.0504. The van der Waals surface area contributed by atoms with E-state index in [1.807, 2.05) is 6.92 Å². The second-order valence-electron chi connectivity index (χ2n) is 4.12. The first-order valence-corrected chi connectivity index (χ1v) is 6.08. The molecule has 6 nitrogen and oxygen atoms in total. The number of ether oxygens (including phenoxy) is 1. The molecule has 0 spiro atoms. The van der Waals surface area contributed by atoms with Crippen molar-refractivity contribution in [1.29, 1.82) is 0 Å². The Labute approximate surface area is 101 Å². The van der Waals surface area contributed by atoms with Crippen LogP contribution in [0.3, 0.4) is 0 Å². The van der Waals surface area contributed by atoms with Crippen LogP contribution in [0.4, 0.5) is 0 Å². The van der Waals surface area contributed by atoms with E-state index in [0.29, 0.717) is 6.61 Å². The average Bonchev–Trinajstić information content (AvgIpc) is 2.73. The van der Waals surface area contributed by atoms with Gasteiger partial charge in [0.05, 0.1) is 6.61 Å². The van der Waals surface area contributed by atoms with E-state index in [-0.39, 0.29) is 5.82 Å². The van der Waals surface area contributed by atoms with Gasteiger partial charge in [-0.1, -0.05) is 0 Å². The minimum Gasteiger partial charge on any atom is -0.460 e. The molecule has 0 atom stereocenters. The lowest BCUT2D eigenvalue weighted by Crippen LogP contribution is -2.41. The molecule has 0 aromatic carbocycles. The van der Waals surface area contributed by atoms with Gasteiger partial charge in [0.25, 0.3) is 5.82 Å². The lowest BCUT2D eigenvalue weighted by atomic mass is 10.2. The molecule has 94 valence electrons. The first-order chi connectivity index (χ1) is 8.24. The predicted molar refractivity (Wildman–Crippen MR) is 62.5 cm³/mol. The topological polar surface area (TPSA) is 60.2 Å². The number of carbonyl (C=O) groups excluding carboxylic acids is 1. The first kappa shape index (κ1) is 11.9. The van der Waals surface area contributed by atoms with E-state index in [0.717, 1.165) is 31.8 Å². The molecular weight excluding hydrogens is 220 g/mol. The summed E-state index contributed by atoms with van der Waals surface area (Å²) in [6.07, 6.45) is 3.52. The summed E-state index contributed by atoms with van der Waals surface area (Å²) in [6.45, 7) is 5.86. The molecule has 0 radical (unpaired) electrons. The molecule has 0 N–H and O–H groups in total. The maximum Gasteiger partial charge on any atom is 0.378 e. The summed E-state index contributed by atoms with van der Waals surface area (Å²) >= 11 is 0. The number of aromatic nitrogens is 3. The van der Waals surface area contributed by atoms with Crippen LogP contribution in [0.15, 0.2) is 0 Å². The van der Waals surface area contributed by atoms with Crippen molar-refractivity contribution in [3.8, 4) is 0 Å². The number of rotatable bonds is 3. The summed E-state index contributed by atoms with van der Waals surface area (Å²) in [6, 6.07) is 0. The van der Waals surface area contributed by atoms with E-state index >= 15 is 0 Å². The third-order valence-electron chi connectivity index (χ3n) is 2.87. The van der Waals surface area contributed by atoms with Gasteiger partial charge in [0.2, 0.25) is 0 Å². The zero-order valence-corrected chi connectivity index (χ0v) is 10.3. The smallest absolute Gasteiger partial charge is 0.378 e. The number of nitrogens with zero attached hydrogens (tertiary/aromatic N) is 4. The minimum atomic E-state index is -0.404. The molecule has 1 fully saturated rings. The Hall–Kier alpha value is -1.59. The third-order valence-corrected chi connectivity index (χ3v) is 2.87. The van der Waals surface area contributed by atoms with E-state index in [9.17, 15) is 4.79 Å². The van der Waals surface area contributed by atoms with Gasteiger partial charge in [0, 0.05) is 13.1 Å². The number of aryl methyl sites for hydroxylation is 1. The molecule has 1 aromatic heterocycles. The van der Waals surface area contributed by atoms with E-state index in [4.69, 9.17) is 4.74 Å². The minimum absolute atomic E-state index is 0.284. The van der Waals surface area contributed by atoms with Gasteiger partial charge in [0.15, 0.2) is 0 Å². The first-order valence-electron chi connectivity index (χ1n) is 6.08. The highest BCUT2D eigenvalue weighted by Crippen LogP contribution is 2.12. The average molecular weight is 238 g/mol. The van der Waals surface area contributed by atoms with Crippen molar-refractivity contribution in [1.82, 2.24) is 14.9 Å². The normalized spacial score (nSPS) is 16.0. The van der Waals surface area contributed by atoms with Gasteiger partial charge in [-0.3, -0.25) is 0 Å². The third kappa shape index (κ3) is 2.40. The van der Waals surface area contributed by atoms with Crippen LogP contribution in [0.5, 0.6) is 0 Å². The summed E-state index contributed by atoms with van der Waals surface area (Å²) < 4.78 is 6.77. The number of esters is 1. The van der Waals surface area contributed by atoms with E-state index < -0.39 is 5.97 Å². The Morgan fingerprint density at radius 2 is 2.00 bits per heavy atom. The van der Waals surface area contributed by atoms with Crippen molar-refractivity contribution in [3.05, 3.63) is 11.6 Å². The molecule has 0 bridgehead atoms. The molecule has 0 aliphatic carbocycles. The van der Waals surface area contributed by atoms with Crippen LogP contribution in [-0.2, 0) is 4.74 Å². The fraction of sp³-hybridized carbons (Fsp3) is 0.727. The van der Waals surface area contributed by atoms with Gasteiger partial charge in [0.1, 0.15) is 5.82 Å². The molecule has 0 saturated carbocycles. The molecule has 17 heavy (non-hydrogen) atoms. The highest BCUT2D eigenvalue weighted by atomic mass is 16.5. The summed E-state index contributed by atoms with van der Waals surface area (Å²) in [5, 5.41) is 9.99. The Morgan fingerprint density at radius 3 is 2.65 bits per heavy atom. The van der Waals surface area contributed by atoms with E-state index in [1.54, 1.807) is 11.6 Å². The molecular formula is C11H18N4O2. The zero-order valence-electron chi connectivity index (χ0n) is 10.3. The molecule has 0 amide bonds. The summed E-state index contributed by atoms with van der Waals surface area (Å²) in [4.78, 5) is 11.7.